The van der Waals surface area contributed by atoms with Crippen LogP contribution in [-0.4, -0.2) is 17.2 Å². The van der Waals surface area contributed by atoms with E-state index in [1.807, 2.05) is 0 Å². The SMILES string of the molecule is CC1(NCC(O)c2ccc(F)cc2)CCC1. The number of aliphatic hydroxyl groups is 1. The number of benzene rings is 1. The van der Waals surface area contributed by atoms with Crippen LogP contribution >= 0.6 is 0 Å². The smallest absolute Gasteiger partial charge is 0.123 e. The first-order valence-electron chi connectivity index (χ1n) is 5.78. The highest BCUT2D eigenvalue weighted by atomic mass is 19.1. The van der Waals surface area contributed by atoms with Crippen LogP contribution in [0.1, 0.15) is 37.9 Å². The summed E-state index contributed by atoms with van der Waals surface area (Å²) >= 11 is 0. The summed E-state index contributed by atoms with van der Waals surface area (Å²) in [7, 11) is 0. The zero-order chi connectivity index (χ0) is 11.6. The molecule has 1 aliphatic rings. The lowest BCUT2D eigenvalue weighted by Gasteiger charge is -2.40. The van der Waals surface area contributed by atoms with E-state index in [0.29, 0.717) is 6.54 Å². The molecule has 1 aliphatic carbocycles. The summed E-state index contributed by atoms with van der Waals surface area (Å²) in [5.74, 6) is -0.269. The molecule has 0 amide bonds. The zero-order valence-corrected chi connectivity index (χ0v) is 9.54. The van der Waals surface area contributed by atoms with Gasteiger partial charge in [-0.2, -0.15) is 0 Å². The third kappa shape index (κ3) is 2.60. The van der Waals surface area contributed by atoms with Crippen molar-refractivity contribution in [3.05, 3.63) is 35.6 Å². The zero-order valence-electron chi connectivity index (χ0n) is 9.54. The number of β-amino-alcohol motifs (C(OH)–C–C–N with tert-alkyl or cyclic N) is 1. The molecule has 2 rings (SSSR count). The lowest BCUT2D eigenvalue weighted by atomic mass is 9.78. The summed E-state index contributed by atoms with van der Waals surface area (Å²) < 4.78 is 12.7. The number of hydrogen-bond donors (Lipinski definition) is 2. The normalized spacial score (nSPS) is 20.2. The standard InChI is InChI=1S/C13H18FNO/c1-13(7-2-8-13)15-9-12(16)10-3-5-11(14)6-4-10/h3-6,12,15-16H,2,7-9H2,1H3. The molecule has 0 spiro atoms. The van der Waals surface area contributed by atoms with E-state index in [9.17, 15) is 9.50 Å². The minimum Gasteiger partial charge on any atom is -0.387 e. The van der Waals surface area contributed by atoms with Crippen LogP contribution < -0.4 is 5.32 Å². The third-order valence-electron chi connectivity index (χ3n) is 3.43. The van der Waals surface area contributed by atoms with Crippen LogP contribution in [0, 0.1) is 5.82 Å². The minimum atomic E-state index is -0.557. The molecule has 1 saturated carbocycles. The van der Waals surface area contributed by atoms with Gasteiger partial charge in [-0.15, -0.1) is 0 Å². The fourth-order valence-electron chi connectivity index (χ4n) is 2.03. The van der Waals surface area contributed by atoms with Gasteiger partial charge in [0.25, 0.3) is 0 Å². The van der Waals surface area contributed by atoms with Crippen LogP contribution in [0.5, 0.6) is 0 Å². The fourth-order valence-corrected chi connectivity index (χ4v) is 2.03. The third-order valence-corrected chi connectivity index (χ3v) is 3.43. The van der Waals surface area contributed by atoms with Gasteiger partial charge in [0.2, 0.25) is 0 Å². The summed E-state index contributed by atoms with van der Waals surface area (Å²) in [6, 6.07) is 6.02. The number of halogens is 1. The van der Waals surface area contributed by atoms with Gasteiger partial charge in [0.05, 0.1) is 6.10 Å². The second-order valence-electron chi connectivity index (χ2n) is 4.86. The molecular weight excluding hydrogens is 205 g/mol. The van der Waals surface area contributed by atoms with E-state index in [1.54, 1.807) is 12.1 Å². The Bertz CT molecular complexity index is 345. The maximum atomic E-state index is 12.7. The first kappa shape index (κ1) is 11.6. The quantitative estimate of drug-likeness (QED) is 0.821. The molecule has 0 bridgehead atoms. The van der Waals surface area contributed by atoms with Gasteiger partial charge < -0.3 is 10.4 Å². The van der Waals surface area contributed by atoms with Crippen molar-refractivity contribution >= 4 is 0 Å². The second kappa shape index (κ2) is 4.52. The van der Waals surface area contributed by atoms with E-state index in [2.05, 4.69) is 12.2 Å². The van der Waals surface area contributed by atoms with Crippen molar-refractivity contribution in [2.24, 2.45) is 0 Å². The molecule has 0 saturated heterocycles. The van der Waals surface area contributed by atoms with Crippen molar-refractivity contribution in [2.75, 3.05) is 6.54 Å². The van der Waals surface area contributed by atoms with Gasteiger partial charge >= 0.3 is 0 Å². The van der Waals surface area contributed by atoms with Gasteiger partial charge in [0, 0.05) is 12.1 Å². The van der Waals surface area contributed by atoms with Gasteiger partial charge in [-0.1, -0.05) is 12.1 Å². The highest BCUT2D eigenvalue weighted by Crippen LogP contribution is 2.31. The highest BCUT2D eigenvalue weighted by Gasteiger charge is 2.31. The summed E-state index contributed by atoms with van der Waals surface area (Å²) in [5.41, 5.74) is 0.956. The van der Waals surface area contributed by atoms with Crippen molar-refractivity contribution < 1.29 is 9.50 Å². The van der Waals surface area contributed by atoms with E-state index in [0.717, 1.165) is 5.56 Å². The Morgan fingerprint density at radius 2 is 2.00 bits per heavy atom. The number of rotatable bonds is 4. The van der Waals surface area contributed by atoms with E-state index < -0.39 is 6.10 Å². The fraction of sp³-hybridized carbons (Fsp3) is 0.538. The van der Waals surface area contributed by atoms with E-state index in [1.165, 1.54) is 31.4 Å². The van der Waals surface area contributed by atoms with Crippen LogP contribution in [0.2, 0.25) is 0 Å². The summed E-state index contributed by atoms with van der Waals surface area (Å²) in [6.07, 6.45) is 3.04. The molecule has 2 nitrogen and oxygen atoms in total. The van der Waals surface area contributed by atoms with E-state index >= 15 is 0 Å². The largest absolute Gasteiger partial charge is 0.387 e. The van der Waals surface area contributed by atoms with Crippen molar-refractivity contribution in [2.45, 2.75) is 37.8 Å². The predicted molar refractivity (Wildman–Crippen MR) is 61.6 cm³/mol. The second-order valence-corrected chi connectivity index (χ2v) is 4.86. The summed E-state index contributed by atoms with van der Waals surface area (Å²) in [6.45, 7) is 2.70. The van der Waals surface area contributed by atoms with Crippen molar-refractivity contribution in [1.29, 1.82) is 0 Å². The number of nitrogens with one attached hydrogen (secondary N) is 1. The van der Waals surface area contributed by atoms with Gasteiger partial charge in [0.1, 0.15) is 5.82 Å². The van der Waals surface area contributed by atoms with Crippen LogP contribution in [0.4, 0.5) is 4.39 Å². The Labute approximate surface area is 95.5 Å². The predicted octanol–water partition coefficient (Wildman–Crippen LogP) is 2.39. The summed E-state index contributed by atoms with van der Waals surface area (Å²) in [4.78, 5) is 0. The Hall–Kier alpha value is -0.930. The average molecular weight is 223 g/mol. The first-order chi connectivity index (χ1) is 7.59. The van der Waals surface area contributed by atoms with Crippen LogP contribution in [0.15, 0.2) is 24.3 Å². The van der Waals surface area contributed by atoms with Crippen molar-refractivity contribution in [3.8, 4) is 0 Å². The summed E-state index contributed by atoms with van der Waals surface area (Å²) in [5, 5.41) is 13.3. The minimum absolute atomic E-state index is 0.195. The molecule has 0 radical (unpaired) electrons. The molecule has 3 heteroatoms. The van der Waals surface area contributed by atoms with Gasteiger partial charge in [-0.05, 0) is 43.9 Å². The van der Waals surface area contributed by atoms with Crippen LogP contribution in [0.25, 0.3) is 0 Å². The lowest BCUT2D eigenvalue weighted by Crippen LogP contribution is -2.49. The Morgan fingerprint density at radius 3 is 2.50 bits per heavy atom. The Kier molecular flexibility index (Phi) is 3.26. The van der Waals surface area contributed by atoms with E-state index in [4.69, 9.17) is 0 Å². The van der Waals surface area contributed by atoms with Gasteiger partial charge in [0.15, 0.2) is 0 Å². The molecule has 16 heavy (non-hydrogen) atoms. The molecule has 0 heterocycles. The van der Waals surface area contributed by atoms with Crippen molar-refractivity contribution in [1.82, 2.24) is 5.32 Å². The molecule has 0 aliphatic heterocycles. The highest BCUT2D eigenvalue weighted by molar-refractivity contribution is 5.18. The monoisotopic (exact) mass is 223 g/mol. The molecule has 0 aromatic heterocycles. The first-order valence-corrected chi connectivity index (χ1v) is 5.78. The molecule has 1 unspecified atom stereocenters. The number of aliphatic hydroxyl groups excluding tert-OH is 1. The molecule has 1 aromatic rings. The van der Waals surface area contributed by atoms with E-state index in [-0.39, 0.29) is 11.4 Å². The molecule has 88 valence electrons. The molecule has 2 N–H and O–H groups in total. The maximum Gasteiger partial charge on any atom is 0.123 e. The van der Waals surface area contributed by atoms with Crippen LogP contribution in [0.3, 0.4) is 0 Å². The number of hydrogen-bond acceptors (Lipinski definition) is 2. The van der Waals surface area contributed by atoms with Crippen LogP contribution in [-0.2, 0) is 0 Å². The van der Waals surface area contributed by atoms with Gasteiger partial charge in [-0.3, -0.25) is 0 Å². The lowest BCUT2D eigenvalue weighted by molar-refractivity contribution is 0.132. The molecule has 1 aromatic carbocycles. The van der Waals surface area contributed by atoms with Gasteiger partial charge in [-0.25, -0.2) is 4.39 Å². The molecular formula is C13H18FNO. The molecule has 1 fully saturated rings. The molecule has 1 atom stereocenters. The average Bonchev–Trinajstić information content (AvgIpc) is 2.24. The Morgan fingerprint density at radius 1 is 1.38 bits per heavy atom. The Balaban J connectivity index is 1.87. The maximum absolute atomic E-state index is 12.7. The topological polar surface area (TPSA) is 32.3 Å². The van der Waals surface area contributed by atoms with Crippen molar-refractivity contribution in [3.63, 3.8) is 0 Å².